The molecule has 2 aromatic carbocycles. The fourth-order valence-corrected chi connectivity index (χ4v) is 1.98. The van der Waals surface area contributed by atoms with Gasteiger partial charge in [-0.3, -0.25) is 19.7 Å². The van der Waals surface area contributed by atoms with Crippen LogP contribution in [0.15, 0.2) is 42.5 Å². The van der Waals surface area contributed by atoms with Gasteiger partial charge in [0.1, 0.15) is 11.5 Å². The number of amides is 2. The summed E-state index contributed by atoms with van der Waals surface area (Å²) >= 11 is 0. The maximum Gasteiger partial charge on any atom is 0.314 e. The summed E-state index contributed by atoms with van der Waals surface area (Å²) in [4.78, 5) is 34.2. The van der Waals surface area contributed by atoms with E-state index in [4.69, 9.17) is 9.47 Å². The van der Waals surface area contributed by atoms with Gasteiger partial charge in [-0.05, 0) is 18.2 Å². The number of hydrogen-bond acceptors (Lipinski definition) is 6. The Morgan fingerprint density at radius 3 is 2.36 bits per heavy atom. The molecule has 0 heterocycles. The Labute approximate surface area is 142 Å². The number of nitrogens with zero attached hydrogens (tertiary/aromatic N) is 1. The van der Waals surface area contributed by atoms with E-state index >= 15 is 0 Å². The summed E-state index contributed by atoms with van der Waals surface area (Å²) in [6, 6.07) is 9.97. The lowest BCUT2D eigenvalue weighted by Gasteiger charge is -2.11. The summed E-state index contributed by atoms with van der Waals surface area (Å²) < 4.78 is 10.2. The zero-order valence-corrected chi connectivity index (χ0v) is 13.4. The first-order chi connectivity index (χ1) is 11.9. The van der Waals surface area contributed by atoms with E-state index in [1.807, 2.05) is 0 Å². The van der Waals surface area contributed by atoms with Gasteiger partial charge in [-0.1, -0.05) is 6.07 Å². The van der Waals surface area contributed by atoms with Gasteiger partial charge in [0.15, 0.2) is 0 Å². The number of methoxy groups -OCH3 is 2. The van der Waals surface area contributed by atoms with Crippen LogP contribution in [-0.2, 0) is 9.59 Å². The van der Waals surface area contributed by atoms with Crippen LogP contribution >= 0.6 is 0 Å². The molecule has 0 radical (unpaired) electrons. The fourth-order valence-electron chi connectivity index (χ4n) is 1.98. The first kappa shape index (κ1) is 17.7. The van der Waals surface area contributed by atoms with Crippen LogP contribution in [0.5, 0.6) is 11.5 Å². The predicted octanol–water partition coefficient (Wildman–Crippen LogP) is 2.19. The van der Waals surface area contributed by atoms with Crippen LogP contribution in [0.3, 0.4) is 0 Å². The highest BCUT2D eigenvalue weighted by Crippen LogP contribution is 2.28. The molecule has 0 aliphatic carbocycles. The lowest BCUT2D eigenvalue weighted by atomic mass is 10.2. The van der Waals surface area contributed by atoms with Crippen LogP contribution in [0, 0.1) is 10.1 Å². The van der Waals surface area contributed by atoms with Gasteiger partial charge in [0.25, 0.3) is 5.69 Å². The fraction of sp³-hybridized carbons (Fsp3) is 0.125. The van der Waals surface area contributed by atoms with Crippen LogP contribution in [0.25, 0.3) is 0 Å². The molecule has 0 unspecified atom stereocenters. The number of hydrogen-bond donors (Lipinski definition) is 2. The number of nitro groups is 1. The summed E-state index contributed by atoms with van der Waals surface area (Å²) in [6.45, 7) is 0. The van der Waals surface area contributed by atoms with Crippen molar-refractivity contribution in [3.63, 3.8) is 0 Å². The summed E-state index contributed by atoms with van der Waals surface area (Å²) in [5.41, 5.74) is 0.181. The molecule has 0 aliphatic heterocycles. The summed E-state index contributed by atoms with van der Waals surface area (Å²) in [5.74, 6) is -1.13. The normalized spacial score (nSPS) is 9.84. The molecule has 9 heteroatoms. The third-order valence-corrected chi connectivity index (χ3v) is 3.18. The average Bonchev–Trinajstić information content (AvgIpc) is 2.61. The molecule has 130 valence electrons. The standard InChI is InChI=1S/C16H15N3O6/c1-24-12-6-7-14(25-2)13(9-12)18-16(21)15(20)17-10-4-3-5-11(8-10)19(22)23/h3-9H,1-2H3,(H,17,20)(H,18,21). The third-order valence-electron chi connectivity index (χ3n) is 3.18. The van der Waals surface area contributed by atoms with Crippen LogP contribution in [-0.4, -0.2) is 31.0 Å². The second-order valence-electron chi connectivity index (χ2n) is 4.78. The largest absolute Gasteiger partial charge is 0.497 e. The van der Waals surface area contributed by atoms with E-state index in [1.54, 1.807) is 12.1 Å². The number of benzene rings is 2. The van der Waals surface area contributed by atoms with Gasteiger partial charge >= 0.3 is 11.8 Å². The van der Waals surface area contributed by atoms with Gasteiger partial charge in [0.05, 0.1) is 24.8 Å². The number of carbonyl (C=O) groups excluding carboxylic acids is 2. The molecule has 2 aromatic rings. The maximum atomic E-state index is 12.0. The highest BCUT2D eigenvalue weighted by atomic mass is 16.6. The van der Waals surface area contributed by atoms with Gasteiger partial charge in [-0.15, -0.1) is 0 Å². The maximum absolute atomic E-state index is 12.0. The lowest BCUT2D eigenvalue weighted by molar-refractivity contribution is -0.384. The lowest BCUT2D eigenvalue weighted by Crippen LogP contribution is -2.29. The Hall–Kier alpha value is -3.62. The van der Waals surface area contributed by atoms with E-state index in [-0.39, 0.29) is 17.1 Å². The Bertz CT molecular complexity index is 821. The molecule has 0 fully saturated rings. The van der Waals surface area contributed by atoms with Crippen LogP contribution in [0.2, 0.25) is 0 Å². The van der Waals surface area contributed by atoms with E-state index in [0.717, 1.165) is 6.07 Å². The molecule has 25 heavy (non-hydrogen) atoms. The molecule has 0 atom stereocenters. The molecule has 2 N–H and O–H groups in total. The van der Waals surface area contributed by atoms with E-state index < -0.39 is 16.7 Å². The number of ether oxygens (including phenoxy) is 2. The van der Waals surface area contributed by atoms with Crippen molar-refractivity contribution in [1.82, 2.24) is 0 Å². The topological polar surface area (TPSA) is 120 Å². The Balaban J connectivity index is 2.12. The van der Waals surface area contributed by atoms with Gasteiger partial charge in [-0.25, -0.2) is 0 Å². The SMILES string of the molecule is COc1ccc(OC)c(NC(=O)C(=O)Nc2cccc([N+](=O)[O-])c2)c1. The quantitative estimate of drug-likeness (QED) is 0.487. The molecular formula is C16H15N3O6. The number of rotatable bonds is 5. The van der Waals surface area contributed by atoms with Crippen molar-refractivity contribution < 1.29 is 24.0 Å². The van der Waals surface area contributed by atoms with Crippen molar-refractivity contribution in [3.05, 3.63) is 52.6 Å². The van der Waals surface area contributed by atoms with E-state index in [1.165, 1.54) is 38.5 Å². The molecule has 0 aromatic heterocycles. The highest BCUT2D eigenvalue weighted by molar-refractivity contribution is 6.43. The number of non-ortho nitro benzene ring substituents is 1. The molecule has 0 bridgehead atoms. The molecule has 2 rings (SSSR count). The minimum absolute atomic E-state index is 0.131. The average molecular weight is 345 g/mol. The zero-order valence-electron chi connectivity index (χ0n) is 13.4. The van der Waals surface area contributed by atoms with E-state index in [9.17, 15) is 19.7 Å². The molecule has 0 saturated carbocycles. The van der Waals surface area contributed by atoms with Crippen molar-refractivity contribution in [3.8, 4) is 11.5 Å². The zero-order chi connectivity index (χ0) is 18.4. The van der Waals surface area contributed by atoms with Gasteiger partial charge in [-0.2, -0.15) is 0 Å². The minimum Gasteiger partial charge on any atom is -0.497 e. The van der Waals surface area contributed by atoms with Crippen molar-refractivity contribution >= 4 is 28.9 Å². The summed E-state index contributed by atoms with van der Waals surface area (Å²) in [7, 11) is 2.88. The monoisotopic (exact) mass is 345 g/mol. The van der Waals surface area contributed by atoms with Crippen LogP contribution in [0.1, 0.15) is 0 Å². The Morgan fingerprint density at radius 1 is 1.00 bits per heavy atom. The number of nitro benzene ring substituents is 1. The van der Waals surface area contributed by atoms with Crippen LogP contribution < -0.4 is 20.1 Å². The Kier molecular flexibility index (Phi) is 5.51. The third kappa shape index (κ3) is 4.44. The number of nitrogens with one attached hydrogen (secondary N) is 2. The van der Waals surface area contributed by atoms with Gasteiger partial charge < -0.3 is 20.1 Å². The smallest absolute Gasteiger partial charge is 0.314 e. The van der Waals surface area contributed by atoms with Crippen molar-refractivity contribution in [2.24, 2.45) is 0 Å². The molecule has 0 aliphatic rings. The van der Waals surface area contributed by atoms with Crippen molar-refractivity contribution in [1.29, 1.82) is 0 Å². The van der Waals surface area contributed by atoms with Gasteiger partial charge in [0, 0.05) is 23.9 Å². The first-order valence-electron chi connectivity index (χ1n) is 7.03. The summed E-state index contributed by atoms with van der Waals surface area (Å²) in [5, 5.41) is 15.4. The second kappa shape index (κ2) is 7.77. The minimum atomic E-state index is -0.981. The van der Waals surface area contributed by atoms with Crippen molar-refractivity contribution in [2.75, 3.05) is 24.9 Å². The molecule has 0 saturated heterocycles. The predicted molar refractivity (Wildman–Crippen MR) is 89.9 cm³/mol. The van der Waals surface area contributed by atoms with Crippen molar-refractivity contribution in [2.45, 2.75) is 0 Å². The number of carbonyl (C=O) groups is 2. The summed E-state index contributed by atoms with van der Waals surface area (Å²) in [6.07, 6.45) is 0. The molecule has 0 spiro atoms. The first-order valence-corrected chi connectivity index (χ1v) is 7.03. The van der Waals surface area contributed by atoms with E-state index in [2.05, 4.69) is 10.6 Å². The van der Waals surface area contributed by atoms with Crippen LogP contribution in [0.4, 0.5) is 17.1 Å². The Morgan fingerprint density at radius 2 is 1.72 bits per heavy atom. The molecule has 9 nitrogen and oxygen atoms in total. The number of anilines is 2. The molecular weight excluding hydrogens is 330 g/mol. The highest BCUT2D eigenvalue weighted by Gasteiger charge is 2.17. The second-order valence-corrected chi connectivity index (χ2v) is 4.78. The van der Waals surface area contributed by atoms with E-state index in [0.29, 0.717) is 11.5 Å². The molecule has 2 amide bonds. The van der Waals surface area contributed by atoms with Gasteiger partial charge in [0.2, 0.25) is 0 Å².